The van der Waals surface area contributed by atoms with Crippen molar-refractivity contribution in [1.29, 1.82) is 0 Å². The second-order valence-electron chi connectivity index (χ2n) is 4.22. The molecule has 0 aromatic rings. The number of piperidine rings is 1. The molecule has 0 aliphatic carbocycles. The van der Waals surface area contributed by atoms with Crippen LogP contribution in [0.3, 0.4) is 0 Å². The molecular weight excluding hydrogens is 192 g/mol. The molecular formula is C11H22N2O2. The number of rotatable bonds is 5. The van der Waals surface area contributed by atoms with Crippen LogP contribution in [0, 0.1) is 5.92 Å². The predicted molar refractivity (Wildman–Crippen MR) is 59.4 cm³/mol. The molecule has 0 aromatic carbocycles. The second-order valence-corrected chi connectivity index (χ2v) is 4.22. The summed E-state index contributed by atoms with van der Waals surface area (Å²) >= 11 is 0. The average molecular weight is 214 g/mol. The maximum atomic E-state index is 11.1. The van der Waals surface area contributed by atoms with E-state index in [4.69, 9.17) is 10.5 Å². The Morgan fingerprint density at radius 2 is 2.27 bits per heavy atom. The minimum Gasteiger partial charge on any atom is -0.380 e. The Morgan fingerprint density at radius 1 is 1.53 bits per heavy atom. The van der Waals surface area contributed by atoms with Gasteiger partial charge >= 0.3 is 0 Å². The molecule has 1 heterocycles. The summed E-state index contributed by atoms with van der Waals surface area (Å²) in [6.07, 6.45) is 1.99. The third kappa shape index (κ3) is 3.80. The highest BCUT2D eigenvalue weighted by molar-refractivity contribution is 5.76. The molecule has 0 saturated carbocycles. The highest BCUT2D eigenvalue weighted by Crippen LogP contribution is 2.21. The van der Waals surface area contributed by atoms with Crippen molar-refractivity contribution < 1.29 is 9.53 Å². The molecule has 1 aliphatic rings. The molecule has 1 aliphatic heterocycles. The van der Waals surface area contributed by atoms with Crippen molar-refractivity contribution in [2.45, 2.75) is 32.7 Å². The van der Waals surface area contributed by atoms with Gasteiger partial charge in [-0.15, -0.1) is 0 Å². The van der Waals surface area contributed by atoms with Crippen LogP contribution in [0.4, 0.5) is 0 Å². The van der Waals surface area contributed by atoms with Gasteiger partial charge in [0.25, 0.3) is 0 Å². The lowest BCUT2D eigenvalue weighted by molar-refractivity contribution is -0.124. The lowest BCUT2D eigenvalue weighted by Crippen LogP contribution is -2.46. The van der Waals surface area contributed by atoms with E-state index < -0.39 is 0 Å². The van der Waals surface area contributed by atoms with Gasteiger partial charge in [0.15, 0.2) is 0 Å². The zero-order chi connectivity index (χ0) is 11.3. The Morgan fingerprint density at radius 3 is 2.87 bits per heavy atom. The molecule has 4 nitrogen and oxygen atoms in total. The van der Waals surface area contributed by atoms with Crippen LogP contribution in [0.15, 0.2) is 0 Å². The fourth-order valence-electron chi connectivity index (χ4n) is 2.05. The van der Waals surface area contributed by atoms with Crippen molar-refractivity contribution in [2.24, 2.45) is 11.7 Å². The van der Waals surface area contributed by atoms with Crippen molar-refractivity contribution >= 4 is 5.91 Å². The molecule has 1 rings (SSSR count). The molecule has 4 heteroatoms. The fraction of sp³-hybridized carbons (Fsp3) is 0.909. The summed E-state index contributed by atoms with van der Waals surface area (Å²) in [6, 6.07) is 0.543. The largest absolute Gasteiger partial charge is 0.380 e. The van der Waals surface area contributed by atoms with E-state index in [-0.39, 0.29) is 11.8 Å². The molecule has 0 unspecified atom stereocenters. The normalized spacial score (nSPS) is 27.9. The molecule has 1 amide bonds. The Labute approximate surface area is 91.8 Å². The highest BCUT2D eigenvalue weighted by Gasteiger charge is 2.27. The highest BCUT2D eigenvalue weighted by atomic mass is 16.5. The molecule has 88 valence electrons. The van der Waals surface area contributed by atoms with E-state index in [9.17, 15) is 4.79 Å². The molecule has 15 heavy (non-hydrogen) atoms. The van der Waals surface area contributed by atoms with Gasteiger partial charge in [0.2, 0.25) is 5.91 Å². The Hall–Kier alpha value is -0.610. The summed E-state index contributed by atoms with van der Waals surface area (Å²) in [4.78, 5) is 13.4. The van der Waals surface area contributed by atoms with Gasteiger partial charge in [-0.3, -0.25) is 9.69 Å². The molecule has 2 atom stereocenters. The maximum absolute atomic E-state index is 11.1. The number of nitrogens with two attached hydrogens (primary N) is 1. The van der Waals surface area contributed by atoms with E-state index in [0.29, 0.717) is 6.04 Å². The lowest BCUT2D eigenvalue weighted by atomic mass is 9.93. The summed E-state index contributed by atoms with van der Waals surface area (Å²) in [5, 5.41) is 0. The molecule has 0 spiro atoms. The summed E-state index contributed by atoms with van der Waals surface area (Å²) < 4.78 is 5.32. The van der Waals surface area contributed by atoms with Gasteiger partial charge in [-0.1, -0.05) is 0 Å². The van der Waals surface area contributed by atoms with Crippen LogP contribution in [0.2, 0.25) is 0 Å². The minimum atomic E-state index is -0.164. The third-order valence-corrected chi connectivity index (χ3v) is 3.14. The Bertz CT molecular complexity index is 209. The second kappa shape index (κ2) is 6.08. The number of hydrogen-bond donors (Lipinski definition) is 1. The summed E-state index contributed by atoms with van der Waals surface area (Å²) in [6.45, 7) is 7.38. The van der Waals surface area contributed by atoms with Gasteiger partial charge in [-0.2, -0.15) is 0 Å². The van der Waals surface area contributed by atoms with E-state index in [2.05, 4.69) is 11.8 Å². The SMILES string of the molecule is CCOCCN1C[C@@H](C(N)=O)CC[C@H]1C. The minimum absolute atomic E-state index is 0.0304. The number of carbonyl (C=O) groups is 1. The standard InChI is InChI=1S/C11H22N2O2/c1-3-15-7-6-13-8-10(11(12)14)5-4-9(13)2/h9-10H,3-8H2,1-2H3,(H2,12,14)/t9-,10+/m1/s1. The van der Waals surface area contributed by atoms with Crippen molar-refractivity contribution in [3.63, 3.8) is 0 Å². The van der Waals surface area contributed by atoms with Crippen molar-refractivity contribution in [3.05, 3.63) is 0 Å². The molecule has 0 bridgehead atoms. The van der Waals surface area contributed by atoms with Crippen LogP contribution in [-0.4, -0.2) is 43.2 Å². The first kappa shape index (κ1) is 12.5. The van der Waals surface area contributed by atoms with Gasteiger partial charge in [-0.25, -0.2) is 0 Å². The first-order chi connectivity index (χ1) is 7.15. The van der Waals surface area contributed by atoms with Crippen molar-refractivity contribution in [2.75, 3.05) is 26.3 Å². The van der Waals surface area contributed by atoms with E-state index in [0.717, 1.165) is 39.1 Å². The zero-order valence-electron chi connectivity index (χ0n) is 9.74. The third-order valence-electron chi connectivity index (χ3n) is 3.14. The van der Waals surface area contributed by atoms with Crippen LogP contribution >= 0.6 is 0 Å². The van der Waals surface area contributed by atoms with Gasteiger partial charge in [-0.05, 0) is 26.7 Å². The molecule has 1 saturated heterocycles. The number of amides is 1. The Balaban J connectivity index is 2.36. The predicted octanol–water partition coefficient (Wildman–Crippen LogP) is 0.609. The van der Waals surface area contributed by atoms with Crippen LogP contribution in [0.1, 0.15) is 26.7 Å². The monoisotopic (exact) mass is 214 g/mol. The number of carbonyl (C=O) groups excluding carboxylic acids is 1. The van der Waals surface area contributed by atoms with Crippen LogP contribution in [-0.2, 0) is 9.53 Å². The maximum Gasteiger partial charge on any atom is 0.221 e. The van der Waals surface area contributed by atoms with Gasteiger partial charge < -0.3 is 10.5 Å². The fourth-order valence-corrected chi connectivity index (χ4v) is 2.05. The van der Waals surface area contributed by atoms with E-state index in [1.807, 2.05) is 6.92 Å². The van der Waals surface area contributed by atoms with Gasteiger partial charge in [0.05, 0.1) is 12.5 Å². The number of ether oxygens (including phenoxy) is 1. The number of primary amides is 1. The molecule has 2 N–H and O–H groups in total. The number of nitrogens with zero attached hydrogens (tertiary/aromatic N) is 1. The van der Waals surface area contributed by atoms with Gasteiger partial charge in [0, 0.05) is 25.7 Å². The van der Waals surface area contributed by atoms with Crippen LogP contribution in [0.5, 0.6) is 0 Å². The summed E-state index contributed by atoms with van der Waals surface area (Å²) in [5.41, 5.74) is 5.33. The molecule has 1 fully saturated rings. The Kier molecular flexibility index (Phi) is 5.05. The number of hydrogen-bond acceptors (Lipinski definition) is 3. The molecule has 0 aromatic heterocycles. The summed E-state index contributed by atoms with van der Waals surface area (Å²) in [5.74, 6) is -0.133. The van der Waals surface area contributed by atoms with E-state index in [1.165, 1.54) is 0 Å². The van der Waals surface area contributed by atoms with Crippen molar-refractivity contribution in [1.82, 2.24) is 4.90 Å². The smallest absolute Gasteiger partial charge is 0.221 e. The van der Waals surface area contributed by atoms with E-state index in [1.54, 1.807) is 0 Å². The van der Waals surface area contributed by atoms with Gasteiger partial charge in [0.1, 0.15) is 0 Å². The van der Waals surface area contributed by atoms with Crippen LogP contribution < -0.4 is 5.73 Å². The lowest BCUT2D eigenvalue weighted by Gasteiger charge is -2.36. The molecule has 0 radical (unpaired) electrons. The summed E-state index contributed by atoms with van der Waals surface area (Å²) in [7, 11) is 0. The first-order valence-corrected chi connectivity index (χ1v) is 5.76. The number of likely N-dealkylation sites (tertiary alicyclic amines) is 1. The van der Waals surface area contributed by atoms with E-state index >= 15 is 0 Å². The van der Waals surface area contributed by atoms with Crippen molar-refractivity contribution in [3.8, 4) is 0 Å². The quantitative estimate of drug-likeness (QED) is 0.682. The first-order valence-electron chi connectivity index (χ1n) is 5.76. The van der Waals surface area contributed by atoms with Crippen LogP contribution in [0.25, 0.3) is 0 Å². The zero-order valence-corrected chi connectivity index (χ0v) is 9.74. The topological polar surface area (TPSA) is 55.6 Å². The average Bonchev–Trinajstić information content (AvgIpc) is 2.20.